The van der Waals surface area contributed by atoms with Gasteiger partial charge in [-0.3, -0.25) is 0 Å². The molecule has 9 nitrogen and oxygen atoms in total. The number of hydrogen-bond acceptors (Lipinski definition) is 6. The van der Waals surface area contributed by atoms with Gasteiger partial charge in [-0.05, 0) is 189 Å². The van der Waals surface area contributed by atoms with Crippen molar-refractivity contribution >= 4 is 168 Å². The predicted molar refractivity (Wildman–Crippen MR) is 490 cm³/mol. The van der Waals surface area contributed by atoms with Gasteiger partial charge >= 0.3 is 14.8 Å². The SMILES string of the molecule is Brc1cccc2c1c1ccc3ccccc3c1n2-c1ccccc1.C.O[B]Oc1ccc(N(c2ccccc2)c2ccc(B(O)O)cc2)cc1.[2HH].c1ccc(N(c2ccc(-c3cccc4c3c3ccc5ccccc5c3n4-c3ccccc3)cc2)c2ccc(-c3cccc4c3c3ccc5ccccc5c3n4-c3ccccc3)cc2)cc1. The van der Waals surface area contributed by atoms with E-state index in [1.54, 1.807) is 24.3 Å². The van der Waals surface area contributed by atoms with Gasteiger partial charge in [0.2, 0.25) is 0 Å². The van der Waals surface area contributed by atoms with Crippen molar-refractivity contribution in [2.24, 2.45) is 0 Å². The first-order valence-corrected chi connectivity index (χ1v) is 38.9. The van der Waals surface area contributed by atoms with Crippen LogP contribution in [0.25, 0.3) is 137 Å². The number of benzene rings is 18. The molecule has 0 bridgehead atoms. The van der Waals surface area contributed by atoms with Crippen molar-refractivity contribution in [2.45, 2.75) is 7.43 Å². The van der Waals surface area contributed by atoms with Crippen molar-refractivity contribution < 1.29 is 21.2 Å². The third kappa shape index (κ3) is 13.5. The zero-order chi connectivity index (χ0) is 76.6. The van der Waals surface area contributed by atoms with Crippen LogP contribution in [0.5, 0.6) is 5.75 Å². The van der Waals surface area contributed by atoms with Crippen molar-refractivity contribution in [1.82, 2.24) is 13.7 Å². The molecule has 0 aliphatic rings. The molecule has 115 heavy (non-hydrogen) atoms. The van der Waals surface area contributed by atoms with Crippen molar-refractivity contribution in [3.63, 3.8) is 0 Å². The standard InChI is InChI=1S/C62H41N3.C22H14BrN.C18H16B2NO4.CH4.H2/c1-4-18-46(19-5-1)63(49-36-30-44(31-37-49)51-26-14-28-57-59(51)55-40-34-42-16-10-12-24-53(42)61(55)64(57)47-20-6-2-7-21-47)50-38-32-45(33-39-50)52-27-15-29-58-60(52)56-41-35-43-17-11-13-25-54(43)62(56)65(58)48-22-8-3-9-23-48;23-19-11-6-12-20-21(19)18-14-13-15-7-4-5-10-17(15)22(18)24(20)16-8-2-1-3-9-16;22-19-25-18-12-10-17(11-13-18)21(15-4-2-1-3-5-15)16-8-6-14(7-9-16)20(23)24;;/h1-41H;1-14H;1-13,22-24H;1H4;1H/i;;;;1+1. The molecule has 21 aromatic rings. The Bertz CT molecular complexity index is 6840. The van der Waals surface area contributed by atoms with Gasteiger partial charge in [0.25, 0.3) is 0 Å². The topological polar surface area (TPSA) is 91.2 Å². The minimum Gasteiger partial charge on any atom is -0.537 e. The van der Waals surface area contributed by atoms with Crippen LogP contribution in [0, 0.1) is 0 Å². The lowest BCUT2D eigenvalue weighted by Crippen LogP contribution is -2.29. The number of halogens is 1. The third-order valence-corrected chi connectivity index (χ3v) is 22.3. The summed E-state index contributed by atoms with van der Waals surface area (Å²) < 4.78 is 13.3. The summed E-state index contributed by atoms with van der Waals surface area (Å²) in [6.45, 7) is 0. The van der Waals surface area contributed by atoms with Crippen LogP contribution < -0.4 is 19.9 Å². The van der Waals surface area contributed by atoms with E-state index >= 15 is 0 Å². The number of hydrogen-bond donors (Lipinski definition) is 3. The second-order valence-electron chi connectivity index (χ2n) is 28.2. The number of aromatic nitrogens is 3. The average Bonchev–Trinajstić information content (AvgIpc) is 1.58. The molecule has 18 aromatic carbocycles. The quantitative estimate of drug-likeness (QED) is 0.0940. The van der Waals surface area contributed by atoms with Gasteiger partial charge in [0, 0.05) is 106 Å². The van der Waals surface area contributed by atoms with E-state index in [2.05, 4.69) is 368 Å². The Morgan fingerprint density at radius 3 is 0.957 bits per heavy atom. The van der Waals surface area contributed by atoms with Crippen molar-refractivity contribution in [3.8, 4) is 45.1 Å². The highest BCUT2D eigenvalue weighted by molar-refractivity contribution is 9.10. The molecule has 0 aliphatic heterocycles. The maximum Gasteiger partial charge on any atom is 0.569 e. The molecule has 0 fully saturated rings. The normalized spacial score (nSPS) is 11.2. The van der Waals surface area contributed by atoms with Crippen LogP contribution in [0.3, 0.4) is 0 Å². The van der Waals surface area contributed by atoms with E-state index in [1.807, 2.05) is 59.5 Å². The minimum atomic E-state index is -1.50. The first-order chi connectivity index (χ1) is 56.3. The maximum absolute atomic E-state index is 9.27. The van der Waals surface area contributed by atoms with Gasteiger partial charge in [0.1, 0.15) is 5.75 Å². The largest absolute Gasteiger partial charge is 0.569 e. The second-order valence-corrected chi connectivity index (χ2v) is 29.1. The number of rotatable bonds is 14. The molecule has 0 spiro atoms. The summed E-state index contributed by atoms with van der Waals surface area (Å²) in [5.74, 6) is 0.526. The summed E-state index contributed by atoms with van der Waals surface area (Å²) in [4.78, 5) is 4.38. The van der Waals surface area contributed by atoms with Gasteiger partial charge in [-0.1, -0.05) is 290 Å². The average molecular weight is 1550 g/mol. The predicted octanol–water partition coefficient (Wildman–Crippen LogP) is 26.3. The molecule has 0 saturated carbocycles. The Morgan fingerprint density at radius 2 is 0.591 bits per heavy atom. The highest BCUT2D eigenvalue weighted by atomic mass is 79.9. The Morgan fingerprint density at radius 1 is 0.287 bits per heavy atom. The van der Waals surface area contributed by atoms with Crippen LogP contribution in [-0.2, 0) is 0 Å². The van der Waals surface area contributed by atoms with Gasteiger partial charge in [-0.25, -0.2) is 0 Å². The van der Waals surface area contributed by atoms with E-state index in [9.17, 15) is 10.0 Å². The fourth-order valence-corrected chi connectivity index (χ4v) is 17.2. The summed E-state index contributed by atoms with van der Waals surface area (Å²) in [5, 5.41) is 42.4. The molecular weight excluding hydrogens is 1470 g/mol. The van der Waals surface area contributed by atoms with Crippen LogP contribution in [-0.4, -0.2) is 43.6 Å². The van der Waals surface area contributed by atoms with E-state index in [0.29, 0.717) is 18.9 Å². The molecule has 0 saturated heterocycles. The molecule has 21 rings (SSSR count). The number of anilines is 6. The van der Waals surface area contributed by atoms with Crippen LogP contribution >= 0.6 is 15.9 Å². The number of para-hydroxylation sites is 5. The van der Waals surface area contributed by atoms with Crippen molar-refractivity contribution in [1.29, 1.82) is 0 Å². The fraction of sp³-hybridized carbons (Fsp3) is 0.00971. The molecule has 551 valence electrons. The maximum atomic E-state index is 9.27. The molecular formula is C103H77B2BrN5O4. The molecule has 3 aromatic heterocycles. The van der Waals surface area contributed by atoms with Crippen molar-refractivity contribution in [3.05, 3.63) is 417 Å². The van der Waals surface area contributed by atoms with Crippen molar-refractivity contribution in [2.75, 3.05) is 9.80 Å². The Labute approximate surface area is 677 Å². The molecule has 0 amide bonds. The van der Waals surface area contributed by atoms with Gasteiger partial charge in [0.05, 0.1) is 33.1 Å². The lowest BCUT2D eigenvalue weighted by molar-refractivity contribution is 0.425. The Balaban J connectivity index is 0.000000155. The van der Waals surface area contributed by atoms with Crippen LogP contribution in [0.4, 0.5) is 34.1 Å². The first-order valence-electron chi connectivity index (χ1n) is 38.1. The number of nitrogens with zero attached hydrogens (tertiary/aromatic N) is 5. The van der Waals surface area contributed by atoms with Crippen LogP contribution in [0.2, 0.25) is 0 Å². The minimum absolute atomic E-state index is 0. The lowest BCUT2D eigenvalue weighted by Gasteiger charge is -2.26. The highest BCUT2D eigenvalue weighted by Crippen LogP contribution is 2.47. The zero-order valence-electron chi connectivity index (χ0n) is 61.8. The van der Waals surface area contributed by atoms with Crippen LogP contribution in [0.15, 0.2) is 417 Å². The summed E-state index contributed by atoms with van der Waals surface area (Å²) >= 11 is 3.75. The summed E-state index contributed by atoms with van der Waals surface area (Å²) in [6, 6.07) is 145. The van der Waals surface area contributed by atoms with Gasteiger partial charge in [-0.2, -0.15) is 0 Å². The fourth-order valence-electron chi connectivity index (χ4n) is 16.6. The molecule has 1 radical (unpaired) electrons. The molecule has 0 aliphatic carbocycles. The summed E-state index contributed by atoms with van der Waals surface area (Å²) in [5.41, 5.74) is 22.1. The molecule has 0 unspecified atom stereocenters. The highest BCUT2D eigenvalue weighted by Gasteiger charge is 2.24. The first kappa shape index (κ1) is 72.6. The lowest BCUT2D eigenvalue weighted by atomic mass is 9.80. The molecule has 0 atom stereocenters. The third-order valence-electron chi connectivity index (χ3n) is 21.7. The Kier molecular flexibility index (Phi) is 20.0. The summed E-state index contributed by atoms with van der Waals surface area (Å²) in [6.07, 6.45) is 0. The molecule has 12 heteroatoms. The van der Waals surface area contributed by atoms with E-state index in [4.69, 9.17) is 9.68 Å². The monoisotopic (exact) mass is 1550 g/mol. The number of fused-ring (bicyclic) bond motifs is 15. The van der Waals surface area contributed by atoms with E-state index in [1.165, 1.54) is 126 Å². The van der Waals surface area contributed by atoms with Crippen LogP contribution in [0.1, 0.15) is 8.85 Å². The van der Waals surface area contributed by atoms with Gasteiger partial charge < -0.3 is 43.2 Å². The van der Waals surface area contributed by atoms with E-state index in [-0.39, 0.29) is 8.85 Å². The van der Waals surface area contributed by atoms with E-state index in [0.717, 1.165) is 50.0 Å². The smallest absolute Gasteiger partial charge is 0.537 e. The second kappa shape index (κ2) is 31.7. The van der Waals surface area contributed by atoms with E-state index < -0.39 is 7.12 Å². The summed E-state index contributed by atoms with van der Waals surface area (Å²) in [7, 11) is -0.853. The van der Waals surface area contributed by atoms with Gasteiger partial charge in [-0.15, -0.1) is 0 Å². The zero-order valence-corrected chi connectivity index (χ0v) is 63.4. The molecule has 3 N–H and O–H groups in total. The molecule has 3 heterocycles. The Hall–Kier alpha value is -14.0. The van der Waals surface area contributed by atoms with Gasteiger partial charge in [0.15, 0.2) is 0 Å².